The van der Waals surface area contributed by atoms with Gasteiger partial charge in [0.05, 0.1) is 0 Å². The number of fused-ring (bicyclic) bond motifs is 1. The molecule has 1 atom stereocenters. The lowest BCUT2D eigenvalue weighted by molar-refractivity contribution is 0.406. The summed E-state index contributed by atoms with van der Waals surface area (Å²) in [6.07, 6.45) is 4.37. The first-order valence-corrected chi connectivity index (χ1v) is 6.89. The van der Waals surface area contributed by atoms with Gasteiger partial charge in [0.15, 0.2) is 0 Å². The zero-order valence-electron chi connectivity index (χ0n) is 11.7. The van der Waals surface area contributed by atoms with Crippen LogP contribution in [0.3, 0.4) is 0 Å². The van der Waals surface area contributed by atoms with Crippen molar-refractivity contribution in [1.82, 2.24) is 5.32 Å². The van der Waals surface area contributed by atoms with E-state index in [4.69, 9.17) is 0 Å². The molecule has 0 saturated heterocycles. The van der Waals surface area contributed by atoms with Crippen molar-refractivity contribution >= 4 is 5.69 Å². The van der Waals surface area contributed by atoms with E-state index in [0.29, 0.717) is 12.0 Å². The highest BCUT2D eigenvalue weighted by Crippen LogP contribution is 2.24. The summed E-state index contributed by atoms with van der Waals surface area (Å²) in [7, 11) is 0. The highest BCUT2D eigenvalue weighted by Gasteiger charge is 2.22. The van der Waals surface area contributed by atoms with Crippen LogP contribution in [-0.2, 0) is 6.54 Å². The molecule has 1 aromatic carbocycles. The second-order valence-electron chi connectivity index (χ2n) is 5.33. The van der Waals surface area contributed by atoms with Crippen molar-refractivity contribution in [3.63, 3.8) is 0 Å². The Morgan fingerprint density at radius 2 is 2.17 bits per heavy atom. The Balaban J connectivity index is 2.26. The van der Waals surface area contributed by atoms with Gasteiger partial charge in [-0.05, 0) is 24.5 Å². The molecule has 2 nitrogen and oxygen atoms in total. The van der Waals surface area contributed by atoms with Gasteiger partial charge in [-0.2, -0.15) is 0 Å². The summed E-state index contributed by atoms with van der Waals surface area (Å²) < 4.78 is 0. The largest absolute Gasteiger partial charge is 0.366 e. The summed E-state index contributed by atoms with van der Waals surface area (Å²) in [6.45, 7) is 9.73. The molecule has 0 bridgehead atoms. The van der Waals surface area contributed by atoms with Crippen molar-refractivity contribution in [2.24, 2.45) is 5.92 Å². The third-order valence-electron chi connectivity index (χ3n) is 3.67. The van der Waals surface area contributed by atoms with Gasteiger partial charge in [0, 0.05) is 31.4 Å². The van der Waals surface area contributed by atoms with Crippen molar-refractivity contribution in [2.75, 3.05) is 18.0 Å². The molecule has 1 unspecified atom stereocenters. The lowest BCUT2D eigenvalue weighted by atomic mass is 10.0. The molecule has 1 aliphatic rings. The molecule has 1 aromatic rings. The summed E-state index contributed by atoms with van der Waals surface area (Å²) >= 11 is 0. The fourth-order valence-corrected chi connectivity index (χ4v) is 2.46. The van der Waals surface area contributed by atoms with Gasteiger partial charge in [-0.3, -0.25) is 0 Å². The number of rotatable bonds is 3. The van der Waals surface area contributed by atoms with E-state index in [1.807, 2.05) is 0 Å². The minimum atomic E-state index is 0.558. The fraction of sp³-hybridized carbons (Fsp3) is 0.500. The van der Waals surface area contributed by atoms with E-state index in [1.165, 1.54) is 11.3 Å². The minimum absolute atomic E-state index is 0.558. The average molecular weight is 244 g/mol. The van der Waals surface area contributed by atoms with Crippen molar-refractivity contribution in [3.05, 3.63) is 42.0 Å². The monoisotopic (exact) mass is 244 g/mol. The van der Waals surface area contributed by atoms with Gasteiger partial charge in [0.2, 0.25) is 0 Å². The molecule has 2 rings (SSSR count). The topological polar surface area (TPSA) is 15.3 Å². The first-order chi connectivity index (χ1) is 8.72. The lowest BCUT2D eigenvalue weighted by Gasteiger charge is -2.28. The Morgan fingerprint density at radius 1 is 1.39 bits per heavy atom. The predicted octanol–water partition coefficient (Wildman–Crippen LogP) is 3.20. The molecule has 18 heavy (non-hydrogen) atoms. The Hall–Kier alpha value is -1.28. The number of anilines is 1. The third kappa shape index (κ3) is 2.94. The zero-order chi connectivity index (χ0) is 13.0. The molecule has 0 saturated carbocycles. The highest BCUT2D eigenvalue weighted by atomic mass is 15.2. The van der Waals surface area contributed by atoms with Crippen LogP contribution in [0, 0.1) is 5.92 Å². The number of benzene rings is 1. The van der Waals surface area contributed by atoms with Crippen LogP contribution in [-0.4, -0.2) is 19.1 Å². The molecule has 0 aromatic heterocycles. The standard InChI is InChI=1S/C16H24N2/c1-4-5-10-18-12-15(13(2)3)17-11-14-8-6-7-9-16(14)18/h4-9,13,15,17H,10-12H2,1-3H3/b5-4+. The smallest absolute Gasteiger partial charge is 0.0415 e. The second-order valence-corrected chi connectivity index (χ2v) is 5.33. The van der Waals surface area contributed by atoms with Gasteiger partial charge in [-0.15, -0.1) is 0 Å². The maximum absolute atomic E-state index is 3.68. The van der Waals surface area contributed by atoms with Crippen LogP contribution >= 0.6 is 0 Å². The van der Waals surface area contributed by atoms with Gasteiger partial charge in [-0.1, -0.05) is 44.2 Å². The van der Waals surface area contributed by atoms with Gasteiger partial charge in [0.25, 0.3) is 0 Å². The van der Waals surface area contributed by atoms with Crippen LogP contribution < -0.4 is 10.2 Å². The SMILES string of the molecule is C/C=C/CN1CC(C(C)C)NCc2ccccc21. The van der Waals surface area contributed by atoms with E-state index >= 15 is 0 Å². The van der Waals surface area contributed by atoms with Crippen molar-refractivity contribution in [1.29, 1.82) is 0 Å². The maximum atomic E-state index is 3.68. The average Bonchev–Trinajstić information content (AvgIpc) is 2.56. The highest BCUT2D eigenvalue weighted by molar-refractivity contribution is 5.55. The Morgan fingerprint density at radius 3 is 2.89 bits per heavy atom. The van der Waals surface area contributed by atoms with E-state index in [2.05, 4.69) is 67.4 Å². The quantitative estimate of drug-likeness (QED) is 0.821. The van der Waals surface area contributed by atoms with E-state index in [0.717, 1.165) is 19.6 Å². The number of nitrogens with one attached hydrogen (secondary N) is 1. The summed E-state index contributed by atoms with van der Waals surface area (Å²) in [5.41, 5.74) is 2.79. The van der Waals surface area contributed by atoms with Crippen molar-refractivity contribution in [2.45, 2.75) is 33.4 Å². The summed E-state index contributed by atoms with van der Waals surface area (Å²) in [4.78, 5) is 2.49. The molecule has 1 N–H and O–H groups in total. The van der Waals surface area contributed by atoms with E-state index in [1.54, 1.807) is 0 Å². The molecule has 2 heteroatoms. The molecule has 1 aliphatic heterocycles. The summed E-state index contributed by atoms with van der Waals surface area (Å²) in [5.74, 6) is 0.660. The minimum Gasteiger partial charge on any atom is -0.366 e. The zero-order valence-corrected chi connectivity index (χ0v) is 11.7. The number of hydrogen-bond acceptors (Lipinski definition) is 2. The Kier molecular flexibility index (Phi) is 4.43. The molecule has 1 heterocycles. The molecule has 0 fully saturated rings. The Bertz CT molecular complexity index is 409. The van der Waals surface area contributed by atoms with Crippen LogP contribution in [0.15, 0.2) is 36.4 Å². The van der Waals surface area contributed by atoms with Gasteiger partial charge in [0.1, 0.15) is 0 Å². The first kappa shape index (κ1) is 13.2. The first-order valence-electron chi connectivity index (χ1n) is 6.89. The van der Waals surface area contributed by atoms with E-state index < -0.39 is 0 Å². The van der Waals surface area contributed by atoms with Crippen molar-refractivity contribution < 1.29 is 0 Å². The van der Waals surface area contributed by atoms with Gasteiger partial charge in [-0.25, -0.2) is 0 Å². The van der Waals surface area contributed by atoms with Gasteiger partial charge < -0.3 is 10.2 Å². The van der Waals surface area contributed by atoms with Gasteiger partial charge >= 0.3 is 0 Å². The van der Waals surface area contributed by atoms with E-state index in [-0.39, 0.29) is 0 Å². The number of allylic oxidation sites excluding steroid dienone is 1. The summed E-state index contributed by atoms with van der Waals surface area (Å²) in [6, 6.07) is 9.29. The third-order valence-corrected chi connectivity index (χ3v) is 3.67. The molecular formula is C16H24N2. The molecular weight excluding hydrogens is 220 g/mol. The molecule has 0 amide bonds. The maximum Gasteiger partial charge on any atom is 0.0415 e. The van der Waals surface area contributed by atoms with Crippen molar-refractivity contribution in [3.8, 4) is 0 Å². The number of nitrogens with zero attached hydrogens (tertiary/aromatic N) is 1. The number of hydrogen-bond donors (Lipinski definition) is 1. The molecule has 0 radical (unpaired) electrons. The predicted molar refractivity (Wildman–Crippen MR) is 78.9 cm³/mol. The molecule has 0 aliphatic carbocycles. The van der Waals surface area contributed by atoms with Crippen LogP contribution in [0.25, 0.3) is 0 Å². The number of para-hydroxylation sites is 1. The second kappa shape index (κ2) is 6.05. The molecule has 98 valence electrons. The van der Waals surface area contributed by atoms with Crippen LogP contribution in [0.4, 0.5) is 5.69 Å². The molecule has 0 spiro atoms. The fourth-order valence-electron chi connectivity index (χ4n) is 2.46. The van der Waals surface area contributed by atoms with E-state index in [9.17, 15) is 0 Å². The lowest BCUT2D eigenvalue weighted by Crippen LogP contribution is -2.41. The van der Waals surface area contributed by atoms with Crippen LogP contribution in [0.5, 0.6) is 0 Å². The normalized spacial score (nSPS) is 20.2. The van der Waals surface area contributed by atoms with Crippen LogP contribution in [0.1, 0.15) is 26.3 Å². The Labute approximate surface area is 111 Å². The van der Waals surface area contributed by atoms with Crippen LogP contribution in [0.2, 0.25) is 0 Å². The summed E-state index contributed by atoms with van der Waals surface area (Å²) in [5, 5.41) is 3.68.